The molecular formula is C21H22N6O2S2. The molecule has 1 saturated heterocycles. The van der Waals surface area contributed by atoms with Crippen LogP contribution in [-0.4, -0.2) is 51.2 Å². The van der Waals surface area contributed by atoms with Crippen molar-refractivity contribution in [3.05, 3.63) is 52.5 Å². The molecule has 10 heteroatoms. The first kappa shape index (κ1) is 20.2. The summed E-state index contributed by atoms with van der Waals surface area (Å²) in [4.78, 5) is 6.75. The summed E-state index contributed by atoms with van der Waals surface area (Å²) in [5, 5.41) is 18.0. The van der Waals surface area contributed by atoms with Gasteiger partial charge in [0.1, 0.15) is 0 Å². The first-order valence-corrected chi connectivity index (χ1v) is 12.1. The van der Waals surface area contributed by atoms with Crippen LogP contribution in [0.4, 0.5) is 5.95 Å². The van der Waals surface area contributed by atoms with Crippen LogP contribution >= 0.6 is 23.1 Å². The minimum Gasteiger partial charge on any atom is -0.378 e. The van der Waals surface area contributed by atoms with Gasteiger partial charge in [-0.2, -0.15) is 16.3 Å². The van der Waals surface area contributed by atoms with Gasteiger partial charge in [-0.25, -0.2) is 0 Å². The van der Waals surface area contributed by atoms with E-state index in [4.69, 9.17) is 9.26 Å². The third-order valence-electron chi connectivity index (χ3n) is 5.10. The van der Waals surface area contributed by atoms with E-state index < -0.39 is 0 Å². The zero-order valence-electron chi connectivity index (χ0n) is 17.1. The molecule has 0 aliphatic carbocycles. The second-order valence-electron chi connectivity index (χ2n) is 7.01. The lowest BCUT2D eigenvalue weighted by atomic mass is 10.1. The largest absolute Gasteiger partial charge is 0.378 e. The normalized spacial score (nSPS) is 14.3. The van der Waals surface area contributed by atoms with E-state index in [1.54, 1.807) is 23.1 Å². The third-order valence-corrected chi connectivity index (χ3v) is 6.69. The van der Waals surface area contributed by atoms with Crippen molar-refractivity contribution in [2.75, 3.05) is 31.2 Å². The van der Waals surface area contributed by atoms with Crippen molar-refractivity contribution in [1.82, 2.24) is 24.9 Å². The summed E-state index contributed by atoms with van der Waals surface area (Å²) in [7, 11) is 0. The minimum absolute atomic E-state index is 0.521. The maximum Gasteiger partial charge on any atom is 0.237 e. The molecule has 5 rings (SSSR count). The molecular weight excluding hydrogens is 432 g/mol. The van der Waals surface area contributed by atoms with E-state index in [0.29, 0.717) is 30.7 Å². The quantitative estimate of drug-likeness (QED) is 0.387. The highest BCUT2D eigenvalue weighted by atomic mass is 32.2. The average Bonchev–Trinajstić information content (AvgIpc) is 3.58. The lowest BCUT2D eigenvalue weighted by Crippen LogP contribution is -2.38. The van der Waals surface area contributed by atoms with Crippen molar-refractivity contribution in [3.8, 4) is 17.1 Å². The molecule has 160 valence electrons. The second-order valence-corrected chi connectivity index (χ2v) is 8.73. The SMILES string of the molecule is CCc1ccccc1-n1c(SCc2nc(-c3ccsc3)no2)nnc1N1CCOCC1. The van der Waals surface area contributed by atoms with E-state index in [2.05, 4.69) is 61.0 Å². The number of hydrogen-bond donors (Lipinski definition) is 0. The Morgan fingerprint density at radius 1 is 1.13 bits per heavy atom. The standard InChI is InChI=1S/C21H22N6O2S2/c1-2-15-5-3-4-6-17(15)27-20(26-8-10-28-11-9-26)23-24-21(27)31-14-18-22-19(25-29-18)16-7-12-30-13-16/h3-7,12-13H,2,8-11,14H2,1H3. The number of aryl methyl sites for hydroxylation is 1. The third kappa shape index (κ3) is 4.23. The highest BCUT2D eigenvalue weighted by Gasteiger charge is 2.23. The van der Waals surface area contributed by atoms with Crippen LogP contribution < -0.4 is 4.90 Å². The fourth-order valence-electron chi connectivity index (χ4n) is 3.51. The van der Waals surface area contributed by atoms with E-state index in [1.165, 1.54) is 5.56 Å². The number of rotatable bonds is 7. The van der Waals surface area contributed by atoms with Gasteiger partial charge in [0.25, 0.3) is 0 Å². The molecule has 0 saturated carbocycles. The van der Waals surface area contributed by atoms with Crippen molar-refractivity contribution in [3.63, 3.8) is 0 Å². The van der Waals surface area contributed by atoms with Crippen LogP contribution in [0.15, 0.2) is 50.8 Å². The Bertz CT molecular complexity index is 1130. The fourth-order valence-corrected chi connectivity index (χ4v) is 4.92. The summed E-state index contributed by atoms with van der Waals surface area (Å²) in [6.07, 6.45) is 0.925. The molecule has 31 heavy (non-hydrogen) atoms. The predicted molar refractivity (Wildman–Crippen MR) is 121 cm³/mol. The number of morpholine rings is 1. The summed E-state index contributed by atoms with van der Waals surface area (Å²) in [5.41, 5.74) is 3.32. The molecule has 8 nitrogen and oxygen atoms in total. The van der Waals surface area contributed by atoms with Gasteiger partial charge < -0.3 is 14.2 Å². The lowest BCUT2D eigenvalue weighted by Gasteiger charge is -2.28. The topological polar surface area (TPSA) is 82.1 Å². The Balaban J connectivity index is 1.45. The zero-order chi connectivity index (χ0) is 21.0. The van der Waals surface area contributed by atoms with E-state index in [-0.39, 0.29) is 0 Å². The van der Waals surface area contributed by atoms with Gasteiger partial charge in [0.15, 0.2) is 5.16 Å². The van der Waals surface area contributed by atoms with Crippen LogP contribution in [0.2, 0.25) is 0 Å². The molecule has 1 aliphatic heterocycles. The molecule has 1 aromatic carbocycles. The molecule has 4 aromatic rings. The van der Waals surface area contributed by atoms with Crippen LogP contribution in [0, 0.1) is 0 Å². The number of ether oxygens (including phenoxy) is 1. The van der Waals surface area contributed by atoms with E-state index in [1.807, 2.05) is 16.8 Å². The maximum absolute atomic E-state index is 5.53. The van der Waals surface area contributed by atoms with Gasteiger partial charge in [0, 0.05) is 24.0 Å². The smallest absolute Gasteiger partial charge is 0.237 e. The fraction of sp³-hybridized carbons (Fsp3) is 0.333. The number of nitrogens with zero attached hydrogens (tertiary/aromatic N) is 6. The highest BCUT2D eigenvalue weighted by Crippen LogP contribution is 2.31. The molecule has 4 heterocycles. The summed E-state index contributed by atoms with van der Waals surface area (Å²) in [5.74, 6) is 2.55. The summed E-state index contributed by atoms with van der Waals surface area (Å²) < 4.78 is 13.1. The molecule has 0 bridgehead atoms. The van der Waals surface area contributed by atoms with Gasteiger partial charge >= 0.3 is 0 Å². The van der Waals surface area contributed by atoms with E-state index in [0.717, 1.165) is 41.9 Å². The molecule has 1 fully saturated rings. The van der Waals surface area contributed by atoms with Crippen LogP contribution in [-0.2, 0) is 16.9 Å². The van der Waals surface area contributed by atoms with Gasteiger partial charge in [0.2, 0.25) is 17.7 Å². The Kier molecular flexibility index (Phi) is 6.01. The van der Waals surface area contributed by atoms with Crippen molar-refractivity contribution in [2.45, 2.75) is 24.3 Å². The maximum atomic E-state index is 5.53. The number of thioether (sulfide) groups is 1. The Hall–Kier alpha value is -2.69. The zero-order valence-corrected chi connectivity index (χ0v) is 18.7. The summed E-state index contributed by atoms with van der Waals surface area (Å²) in [6, 6.07) is 10.4. The number of anilines is 1. The van der Waals surface area contributed by atoms with Crippen LogP contribution in [0.25, 0.3) is 17.1 Å². The molecule has 0 unspecified atom stereocenters. The average molecular weight is 455 g/mol. The minimum atomic E-state index is 0.521. The molecule has 0 amide bonds. The summed E-state index contributed by atoms with van der Waals surface area (Å²) >= 11 is 3.16. The first-order chi connectivity index (χ1) is 15.3. The van der Waals surface area contributed by atoms with Crippen molar-refractivity contribution >= 4 is 29.0 Å². The van der Waals surface area contributed by atoms with Crippen molar-refractivity contribution < 1.29 is 9.26 Å². The Morgan fingerprint density at radius 3 is 2.81 bits per heavy atom. The lowest BCUT2D eigenvalue weighted by molar-refractivity contribution is 0.122. The van der Waals surface area contributed by atoms with Gasteiger partial charge in [-0.15, -0.1) is 10.2 Å². The molecule has 0 radical (unpaired) electrons. The van der Waals surface area contributed by atoms with E-state index >= 15 is 0 Å². The summed E-state index contributed by atoms with van der Waals surface area (Å²) in [6.45, 7) is 5.14. The highest BCUT2D eigenvalue weighted by molar-refractivity contribution is 7.98. The first-order valence-electron chi connectivity index (χ1n) is 10.2. The van der Waals surface area contributed by atoms with Gasteiger partial charge in [-0.05, 0) is 29.5 Å². The second kappa shape index (κ2) is 9.21. The molecule has 0 N–H and O–H groups in total. The number of hydrogen-bond acceptors (Lipinski definition) is 9. The van der Waals surface area contributed by atoms with Crippen LogP contribution in [0.5, 0.6) is 0 Å². The molecule has 0 spiro atoms. The molecule has 1 aliphatic rings. The van der Waals surface area contributed by atoms with E-state index in [9.17, 15) is 0 Å². The Labute approximate surface area is 188 Å². The number of aromatic nitrogens is 5. The molecule has 3 aromatic heterocycles. The van der Waals surface area contributed by atoms with Gasteiger partial charge in [-0.1, -0.05) is 42.0 Å². The van der Waals surface area contributed by atoms with Crippen LogP contribution in [0.1, 0.15) is 18.4 Å². The van der Waals surface area contributed by atoms with Gasteiger partial charge in [0.05, 0.1) is 24.7 Å². The Morgan fingerprint density at radius 2 is 2.00 bits per heavy atom. The molecule has 0 atom stereocenters. The van der Waals surface area contributed by atoms with Crippen molar-refractivity contribution in [2.24, 2.45) is 0 Å². The van der Waals surface area contributed by atoms with Crippen LogP contribution in [0.3, 0.4) is 0 Å². The monoisotopic (exact) mass is 454 g/mol. The predicted octanol–water partition coefficient (Wildman–Crippen LogP) is 4.07. The van der Waals surface area contributed by atoms with Crippen molar-refractivity contribution in [1.29, 1.82) is 0 Å². The number of para-hydroxylation sites is 1. The van der Waals surface area contributed by atoms with Gasteiger partial charge in [-0.3, -0.25) is 4.57 Å². The number of thiophene rings is 1. The number of benzene rings is 1.